The van der Waals surface area contributed by atoms with Gasteiger partial charge in [0.1, 0.15) is 5.75 Å². The Morgan fingerprint density at radius 2 is 1.80 bits per heavy atom. The van der Waals surface area contributed by atoms with Gasteiger partial charge in [0.05, 0.1) is 6.54 Å². The van der Waals surface area contributed by atoms with Crippen LogP contribution < -0.4 is 15.4 Å². The number of likely N-dealkylation sites (tertiary alicyclic amines) is 1. The van der Waals surface area contributed by atoms with E-state index in [0.29, 0.717) is 32.5 Å². The Labute approximate surface area is 174 Å². The molecule has 1 saturated heterocycles. The molecular formula is C22H25F2N3O3. The largest absolute Gasteiger partial charge is 0.481 e. The minimum Gasteiger partial charge on any atom is -0.481 e. The molecule has 0 saturated carbocycles. The van der Waals surface area contributed by atoms with Gasteiger partial charge in [-0.15, -0.1) is 0 Å². The van der Waals surface area contributed by atoms with Gasteiger partial charge in [0.2, 0.25) is 5.91 Å². The Hall–Kier alpha value is -3.00. The average Bonchev–Trinajstić information content (AvgIpc) is 2.73. The second kappa shape index (κ2) is 10.2. The first-order valence-electron chi connectivity index (χ1n) is 9.90. The molecule has 160 valence electrons. The number of amides is 2. The molecule has 0 radical (unpaired) electrons. The number of hydrogen-bond acceptors (Lipinski definition) is 4. The third-order valence-corrected chi connectivity index (χ3v) is 4.93. The molecule has 8 heteroatoms. The van der Waals surface area contributed by atoms with Crippen molar-refractivity contribution in [3.63, 3.8) is 0 Å². The molecule has 0 spiro atoms. The van der Waals surface area contributed by atoms with Crippen LogP contribution in [0.5, 0.6) is 5.75 Å². The fourth-order valence-corrected chi connectivity index (χ4v) is 3.29. The van der Waals surface area contributed by atoms with Crippen molar-refractivity contribution < 1.29 is 23.1 Å². The van der Waals surface area contributed by atoms with E-state index in [0.717, 1.165) is 17.8 Å². The fourth-order valence-electron chi connectivity index (χ4n) is 3.29. The summed E-state index contributed by atoms with van der Waals surface area (Å²) in [6, 6.07) is 12.4. The van der Waals surface area contributed by atoms with Gasteiger partial charge in [0.25, 0.3) is 5.91 Å². The third-order valence-electron chi connectivity index (χ3n) is 4.93. The number of ether oxygens (including phenoxy) is 1. The zero-order chi connectivity index (χ0) is 21.5. The quantitative estimate of drug-likeness (QED) is 0.727. The third kappa shape index (κ3) is 6.25. The highest BCUT2D eigenvalue weighted by Crippen LogP contribution is 2.17. The van der Waals surface area contributed by atoms with Gasteiger partial charge in [-0.1, -0.05) is 18.2 Å². The summed E-state index contributed by atoms with van der Waals surface area (Å²) in [5, 5.41) is 5.78. The Kier molecular flexibility index (Phi) is 7.35. The molecule has 1 atom stereocenters. The van der Waals surface area contributed by atoms with Crippen LogP contribution in [0.1, 0.15) is 19.8 Å². The number of halogens is 2. The molecule has 1 aliphatic rings. The number of nitrogens with zero attached hydrogens (tertiary/aromatic N) is 1. The van der Waals surface area contributed by atoms with E-state index in [1.165, 1.54) is 6.07 Å². The SMILES string of the molecule is CC(Oc1ccc(F)c(F)c1)C(=O)NC1CCN(CC(=O)Nc2ccccc2)CC1. The van der Waals surface area contributed by atoms with E-state index in [1.807, 2.05) is 35.2 Å². The summed E-state index contributed by atoms with van der Waals surface area (Å²) in [7, 11) is 0. The van der Waals surface area contributed by atoms with Crippen LogP contribution in [0.25, 0.3) is 0 Å². The molecule has 2 amide bonds. The van der Waals surface area contributed by atoms with Crippen LogP contribution in [-0.2, 0) is 9.59 Å². The van der Waals surface area contributed by atoms with Crippen LogP contribution in [0.15, 0.2) is 48.5 Å². The Bertz CT molecular complexity index is 871. The standard InChI is InChI=1S/C22H25F2N3O3/c1-15(30-18-7-8-19(23)20(24)13-18)22(29)26-17-9-11-27(12-10-17)14-21(28)25-16-5-3-2-4-6-16/h2-8,13,15,17H,9-12,14H2,1H3,(H,25,28)(H,26,29). The highest BCUT2D eigenvalue weighted by molar-refractivity contribution is 5.92. The monoisotopic (exact) mass is 417 g/mol. The maximum atomic E-state index is 13.3. The number of carbonyl (C=O) groups is 2. The van der Waals surface area contributed by atoms with Crippen molar-refractivity contribution in [2.45, 2.75) is 31.9 Å². The summed E-state index contributed by atoms with van der Waals surface area (Å²) in [6.07, 6.45) is 0.578. The van der Waals surface area contributed by atoms with Crippen molar-refractivity contribution in [2.24, 2.45) is 0 Å². The van der Waals surface area contributed by atoms with Crippen molar-refractivity contribution in [1.82, 2.24) is 10.2 Å². The highest BCUT2D eigenvalue weighted by atomic mass is 19.2. The minimum absolute atomic E-state index is 0.0260. The molecule has 2 N–H and O–H groups in total. The topological polar surface area (TPSA) is 70.7 Å². The van der Waals surface area contributed by atoms with Crippen LogP contribution in [0.4, 0.5) is 14.5 Å². The first kappa shape index (κ1) is 21.7. The zero-order valence-electron chi connectivity index (χ0n) is 16.7. The molecule has 0 bridgehead atoms. The van der Waals surface area contributed by atoms with Crippen molar-refractivity contribution in [3.05, 3.63) is 60.2 Å². The molecule has 1 fully saturated rings. The first-order chi connectivity index (χ1) is 14.4. The lowest BCUT2D eigenvalue weighted by Gasteiger charge is -2.32. The van der Waals surface area contributed by atoms with Crippen LogP contribution in [0, 0.1) is 11.6 Å². The number of benzene rings is 2. The molecule has 1 heterocycles. The van der Waals surface area contributed by atoms with Crippen molar-refractivity contribution >= 4 is 17.5 Å². The molecule has 1 unspecified atom stereocenters. The molecular weight excluding hydrogens is 392 g/mol. The highest BCUT2D eigenvalue weighted by Gasteiger charge is 2.24. The van der Waals surface area contributed by atoms with E-state index >= 15 is 0 Å². The molecule has 0 aliphatic carbocycles. The number of anilines is 1. The number of carbonyl (C=O) groups excluding carboxylic acids is 2. The molecule has 2 aromatic rings. The fraction of sp³-hybridized carbons (Fsp3) is 0.364. The van der Waals surface area contributed by atoms with E-state index in [-0.39, 0.29) is 23.6 Å². The first-order valence-corrected chi connectivity index (χ1v) is 9.90. The second-order valence-electron chi connectivity index (χ2n) is 7.31. The predicted octanol–water partition coefficient (Wildman–Crippen LogP) is 2.95. The lowest BCUT2D eigenvalue weighted by atomic mass is 10.0. The van der Waals surface area contributed by atoms with Crippen molar-refractivity contribution in [1.29, 1.82) is 0 Å². The molecule has 6 nitrogen and oxygen atoms in total. The predicted molar refractivity (Wildman–Crippen MR) is 109 cm³/mol. The van der Waals surface area contributed by atoms with E-state index in [2.05, 4.69) is 10.6 Å². The van der Waals surface area contributed by atoms with Crippen molar-refractivity contribution in [2.75, 3.05) is 25.0 Å². The summed E-state index contributed by atoms with van der Waals surface area (Å²) < 4.78 is 31.7. The van der Waals surface area contributed by atoms with E-state index < -0.39 is 17.7 Å². The number of hydrogen-bond donors (Lipinski definition) is 2. The normalized spacial score (nSPS) is 16.0. The average molecular weight is 417 g/mol. The molecule has 2 aromatic carbocycles. The van der Waals surface area contributed by atoms with Crippen LogP contribution in [0.3, 0.4) is 0 Å². The van der Waals surface area contributed by atoms with Crippen LogP contribution >= 0.6 is 0 Å². The molecule has 1 aliphatic heterocycles. The van der Waals surface area contributed by atoms with Gasteiger partial charge in [-0.3, -0.25) is 14.5 Å². The zero-order valence-corrected chi connectivity index (χ0v) is 16.7. The summed E-state index contributed by atoms with van der Waals surface area (Å²) in [5.74, 6) is -2.29. The van der Waals surface area contributed by atoms with E-state index in [1.54, 1.807) is 6.92 Å². The van der Waals surface area contributed by atoms with Gasteiger partial charge >= 0.3 is 0 Å². The van der Waals surface area contributed by atoms with Gasteiger partial charge in [-0.05, 0) is 44.0 Å². The molecule has 0 aromatic heterocycles. The summed E-state index contributed by atoms with van der Waals surface area (Å²) in [6.45, 7) is 3.22. The molecule has 3 rings (SSSR count). The van der Waals surface area contributed by atoms with Gasteiger partial charge in [0.15, 0.2) is 17.7 Å². The Morgan fingerprint density at radius 1 is 1.10 bits per heavy atom. The lowest BCUT2D eigenvalue weighted by Crippen LogP contribution is -2.49. The summed E-state index contributed by atoms with van der Waals surface area (Å²) >= 11 is 0. The minimum atomic E-state index is -1.02. The number of para-hydroxylation sites is 1. The smallest absolute Gasteiger partial charge is 0.260 e. The van der Waals surface area contributed by atoms with Crippen LogP contribution in [-0.4, -0.2) is 48.5 Å². The van der Waals surface area contributed by atoms with Crippen molar-refractivity contribution in [3.8, 4) is 5.75 Å². The van der Waals surface area contributed by atoms with Gasteiger partial charge in [0, 0.05) is 30.9 Å². The van der Waals surface area contributed by atoms with Gasteiger partial charge < -0.3 is 15.4 Å². The summed E-state index contributed by atoms with van der Waals surface area (Å²) in [5.41, 5.74) is 0.764. The maximum Gasteiger partial charge on any atom is 0.260 e. The lowest BCUT2D eigenvalue weighted by molar-refractivity contribution is -0.128. The van der Waals surface area contributed by atoms with E-state index in [9.17, 15) is 18.4 Å². The van der Waals surface area contributed by atoms with Gasteiger partial charge in [-0.2, -0.15) is 0 Å². The number of nitrogens with one attached hydrogen (secondary N) is 2. The molecule has 30 heavy (non-hydrogen) atoms. The van der Waals surface area contributed by atoms with E-state index in [4.69, 9.17) is 4.74 Å². The van der Waals surface area contributed by atoms with Gasteiger partial charge in [-0.25, -0.2) is 8.78 Å². The number of piperidine rings is 1. The Morgan fingerprint density at radius 3 is 2.47 bits per heavy atom. The van der Waals surface area contributed by atoms with Crippen LogP contribution in [0.2, 0.25) is 0 Å². The Balaban J connectivity index is 1.39. The summed E-state index contributed by atoms with van der Waals surface area (Å²) in [4.78, 5) is 26.6. The number of rotatable bonds is 7. The second-order valence-corrected chi connectivity index (χ2v) is 7.31. The maximum absolute atomic E-state index is 13.3.